The average molecular weight is 256 g/mol. The van der Waals surface area contributed by atoms with Crippen LogP contribution in [0.2, 0.25) is 0 Å². The highest BCUT2D eigenvalue weighted by Gasteiger charge is 2.16. The largest absolute Gasteiger partial charge is 0.457 e. The van der Waals surface area contributed by atoms with E-state index in [1.54, 1.807) is 0 Å². The van der Waals surface area contributed by atoms with Crippen molar-refractivity contribution in [1.29, 1.82) is 0 Å². The highest BCUT2D eigenvalue weighted by molar-refractivity contribution is 6.29. The first kappa shape index (κ1) is 15.0. The van der Waals surface area contributed by atoms with Gasteiger partial charge in [-0.15, -0.1) is 0 Å². The second-order valence-corrected chi connectivity index (χ2v) is 4.81. The molecule has 0 saturated carbocycles. The number of hydrogen-bond acceptors (Lipinski definition) is 4. The maximum Gasteiger partial charge on any atom is 0.417 e. The summed E-state index contributed by atoms with van der Waals surface area (Å²) in [7, 11) is 0. The van der Waals surface area contributed by atoms with Crippen LogP contribution in [0.5, 0.6) is 0 Å². The van der Waals surface area contributed by atoms with E-state index >= 15 is 0 Å². The van der Waals surface area contributed by atoms with Crippen LogP contribution >= 0.6 is 0 Å². The summed E-state index contributed by atoms with van der Waals surface area (Å²) in [6.07, 6.45) is 11.3. The summed E-state index contributed by atoms with van der Waals surface area (Å²) in [5.74, 6) is -1.69. The summed E-state index contributed by atoms with van der Waals surface area (Å²) in [5, 5.41) is 0. The molecular formula is C14H24O4. The molecule has 0 radical (unpaired) electrons. The topological polar surface area (TPSA) is 52.6 Å². The maximum absolute atomic E-state index is 11.2. The standard InChI is InChI=1S/C14H24O4/c15-13-14(16)18-12-10-8-6-4-2-1-3-5-7-9-11-17-13/h1-12H2. The van der Waals surface area contributed by atoms with Crippen molar-refractivity contribution in [2.75, 3.05) is 13.2 Å². The van der Waals surface area contributed by atoms with Crippen LogP contribution in [-0.4, -0.2) is 25.2 Å². The SMILES string of the molecule is O=C1OCCCCCCCCCCCCOC1=O. The third kappa shape index (κ3) is 7.30. The highest BCUT2D eigenvalue weighted by atomic mass is 16.6. The third-order valence-electron chi connectivity index (χ3n) is 3.17. The van der Waals surface area contributed by atoms with Crippen molar-refractivity contribution in [3.63, 3.8) is 0 Å². The van der Waals surface area contributed by atoms with Crippen molar-refractivity contribution < 1.29 is 19.1 Å². The number of rotatable bonds is 0. The van der Waals surface area contributed by atoms with Gasteiger partial charge in [0.25, 0.3) is 0 Å². The minimum atomic E-state index is -0.845. The van der Waals surface area contributed by atoms with Gasteiger partial charge in [-0.1, -0.05) is 51.4 Å². The molecule has 0 aromatic carbocycles. The summed E-state index contributed by atoms with van der Waals surface area (Å²) >= 11 is 0. The van der Waals surface area contributed by atoms with E-state index in [4.69, 9.17) is 9.47 Å². The summed E-state index contributed by atoms with van der Waals surface area (Å²) < 4.78 is 9.68. The lowest BCUT2D eigenvalue weighted by Crippen LogP contribution is -2.21. The molecule has 0 spiro atoms. The second kappa shape index (κ2) is 9.92. The zero-order valence-corrected chi connectivity index (χ0v) is 11.1. The molecule has 0 atom stereocenters. The van der Waals surface area contributed by atoms with E-state index in [1.807, 2.05) is 0 Å². The van der Waals surface area contributed by atoms with E-state index in [0.717, 1.165) is 25.7 Å². The predicted molar refractivity (Wildman–Crippen MR) is 68.1 cm³/mol. The van der Waals surface area contributed by atoms with Crippen LogP contribution in [0.1, 0.15) is 64.2 Å². The lowest BCUT2D eigenvalue weighted by Gasteiger charge is -2.07. The molecular weight excluding hydrogens is 232 g/mol. The van der Waals surface area contributed by atoms with Gasteiger partial charge in [0.1, 0.15) is 0 Å². The van der Waals surface area contributed by atoms with E-state index in [-0.39, 0.29) is 0 Å². The fraction of sp³-hybridized carbons (Fsp3) is 0.857. The number of ether oxygens (including phenoxy) is 2. The summed E-state index contributed by atoms with van der Waals surface area (Å²) in [5.41, 5.74) is 0. The molecule has 0 amide bonds. The van der Waals surface area contributed by atoms with Gasteiger partial charge in [-0.25, -0.2) is 9.59 Å². The molecule has 4 heteroatoms. The number of carbonyl (C=O) groups excluding carboxylic acids is 2. The van der Waals surface area contributed by atoms with Crippen LogP contribution in [0, 0.1) is 0 Å². The minimum absolute atomic E-state index is 0.327. The monoisotopic (exact) mass is 256 g/mol. The zero-order chi connectivity index (χ0) is 13.1. The number of hydrogen-bond donors (Lipinski definition) is 0. The Morgan fingerprint density at radius 1 is 0.500 bits per heavy atom. The molecule has 1 aliphatic heterocycles. The molecule has 1 heterocycles. The number of carbonyl (C=O) groups is 2. The maximum atomic E-state index is 11.2. The Morgan fingerprint density at radius 3 is 1.11 bits per heavy atom. The van der Waals surface area contributed by atoms with Crippen molar-refractivity contribution in [2.24, 2.45) is 0 Å². The lowest BCUT2D eigenvalue weighted by atomic mass is 10.1. The molecule has 1 fully saturated rings. The quantitative estimate of drug-likeness (QED) is 0.494. The molecule has 0 aliphatic carbocycles. The van der Waals surface area contributed by atoms with Crippen molar-refractivity contribution in [2.45, 2.75) is 64.2 Å². The molecule has 104 valence electrons. The molecule has 0 aromatic rings. The number of cyclic esters (lactones) is 2. The van der Waals surface area contributed by atoms with Gasteiger partial charge in [0.05, 0.1) is 13.2 Å². The predicted octanol–water partition coefficient (Wildman–Crippen LogP) is 2.99. The normalized spacial score (nSPS) is 22.0. The van der Waals surface area contributed by atoms with Gasteiger partial charge >= 0.3 is 11.9 Å². The van der Waals surface area contributed by atoms with E-state index < -0.39 is 11.9 Å². The van der Waals surface area contributed by atoms with E-state index in [1.165, 1.54) is 38.5 Å². The van der Waals surface area contributed by atoms with Crippen LogP contribution in [0.3, 0.4) is 0 Å². The first-order valence-corrected chi connectivity index (χ1v) is 7.14. The molecule has 0 aromatic heterocycles. The Balaban J connectivity index is 2.24. The Hall–Kier alpha value is -1.06. The van der Waals surface area contributed by atoms with Crippen molar-refractivity contribution >= 4 is 11.9 Å². The highest BCUT2D eigenvalue weighted by Crippen LogP contribution is 2.11. The first-order valence-electron chi connectivity index (χ1n) is 7.14. The number of esters is 2. The first-order chi connectivity index (χ1) is 8.80. The zero-order valence-electron chi connectivity index (χ0n) is 11.1. The van der Waals surface area contributed by atoms with Gasteiger partial charge in [-0.3, -0.25) is 0 Å². The van der Waals surface area contributed by atoms with Gasteiger partial charge in [0.2, 0.25) is 0 Å². The molecule has 0 unspecified atom stereocenters. The van der Waals surface area contributed by atoms with Crippen LogP contribution < -0.4 is 0 Å². The van der Waals surface area contributed by atoms with E-state index in [9.17, 15) is 9.59 Å². The van der Waals surface area contributed by atoms with Crippen LogP contribution in [-0.2, 0) is 19.1 Å². The van der Waals surface area contributed by atoms with Crippen molar-refractivity contribution in [3.05, 3.63) is 0 Å². The smallest absolute Gasteiger partial charge is 0.417 e. The fourth-order valence-electron chi connectivity index (χ4n) is 2.07. The molecule has 0 bridgehead atoms. The molecule has 1 rings (SSSR count). The van der Waals surface area contributed by atoms with Crippen LogP contribution in [0.4, 0.5) is 0 Å². The van der Waals surface area contributed by atoms with Gasteiger partial charge in [0, 0.05) is 0 Å². The Kier molecular flexibility index (Phi) is 8.26. The van der Waals surface area contributed by atoms with Crippen molar-refractivity contribution in [1.82, 2.24) is 0 Å². The lowest BCUT2D eigenvalue weighted by molar-refractivity contribution is -0.167. The Labute approximate surface area is 109 Å². The molecule has 0 N–H and O–H groups in total. The minimum Gasteiger partial charge on any atom is -0.457 e. The average Bonchev–Trinajstić information content (AvgIpc) is 2.37. The van der Waals surface area contributed by atoms with Gasteiger partial charge < -0.3 is 9.47 Å². The Morgan fingerprint density at radius 2 is 0.778 bits per heavy atom. The van der Waals surface area contributed by atoms with Crippen LogP contribution in [0.15, 0.2) is 0 Å². The van der Waals surface area contributed by atoms with Gasteiger partial charge in [-0.05, 0) is 12.8 Å². The van der Waals surface area contributed by atoms with Crippen molar-refractivity contribution in [3.8, 4) is 0 Å². The van der Waals surface area contributed by atoms with E-state index in [2.05, 4.69) is 0 Å². The summed E-state index contributed by atoms with van der Waals surface area (Å²) in [6, 6.07) is 0. The fourth-order valence-corrected chi connectivity index (χ4v) is 2.07. The second-order valence-electron chi connectivity index (χ2n) is 4.81. The third-order valence-corrected chi connectivity index (χ3v) is 3.17. The molecule has 4 nitrogen and oxygen atoms in total. The molecule has 18 heavy (non-hydrogen) atoms. The molecule has 1 aliphatic rings. The summed E-state index contributed by atoms with van der Waals surface area (Å²) in [6.45, 7) is 0.655. The Bertz CT molecular complexity index is 224. The molecule has 1 saturated heterocycles. The van der Waals surface area contributed by atoms with E-state index in [0.29, 0.717) is 13.2 Å². The van der Waals surface area contributed by atoms with Crippen LogP contribution in [0.25, 0.3) is 0 Å². The van der Waals surface area contributed by atoms with Gasteiger partial charge in [0.15, 0.2) is 0 Å². The van der Waals surface area contributed by atoms with Gasteiger partial charge in [-0.2, -0.15) is 0 Å². The summed E-state index contributed by atoms with van der Waals surface area (Å²) in [4.78, 5) is 22.4.